The number of nitrogens with one attached hydrogen (secondary N) is 1. The van der Waals surface area contributed by atoms with Gasteiger partial charge in [0.1, 0.15) is 5.01 Å². The summed E-state index contributed by atoms with van der Waals surface area (Å²) in [5.74, 6) is -0.381. The van der Waals surface area contributed by atoms with Crippen LogP contribution in [0.25, 0.3) is 10.6 Å². The number of benzene rings is 1. The summed E-state index contributed by atoms with van der Waals surface area (Å²) in [5.41, 5.74) is 14.4. The van der Waals surface area contributed by atoms with Crippen molar-refractivity contribution >= 4 is 34.4 Å². The van der Waals surface area contributed by atoms with Gasteiger partial charge in [-0.1, -0.05) is 30.3 Å². The lowest BCUT2D eigenvalue weighted by atomic mass is 10.00. The zero-order chi connectivity index (χ0) is 23.8. The molecule has 0 unspecified atom stereocenters. The van der Waals surface area contributed by atoms with Gasteiger partial charge < -0.3 is 16.8 Å². The van der Waals surface area contributed by atoms with E-state index in [4.69, 9.17) is 11.5 Å². The van der Waals surface area contributed by atoms with Crippen LogP contribution >= 0.6 is 22.7 Å². The van der Waals surface area contributed by atoms with E-state index in [1.165, 1.54) is 11.3 Å². The van der Waals surface area contributed by atoms with Crippen molar-refractivity contribution in [1.29, 1.82) is 0 Å². The topological polar surface area (TPSA) is 124 Å². The van der Waals surface area contributed by atoms with Crippen LogP contribution in [0.3, 0.4) is 0 Å². The Morgan fingerprint density at radius 3 is 2.55 bits per heavy atom. The third-order valence-corrected chi connectivity index (χ3v) is 7.28. The quantitative estimate of drug-likeness (QED) is 0.362. The van der Waals surface area contributed by atoms with E-state index < -0.39 is 12.1 Å². The first-order valence-electron chi connectivity index (χ1n) is 11.1. The molecule has 9 heteroatoms. The minimum Gasteiger partial charge on any atom is -0.345 e. The van der Waals surface area contributed by atoms with E-state index in [9.17, 15) is 9.59 Å². The molecule has 0 spiro atoms. The molecule has 0 bridgehead atoms. The van der Waals surface area contributed by atoms with Crippen LogP contribution in [0.4, 0.5) is 0 Å². The predicted molar refractivity (Wildman–Crippen MR) is 134 cm³/mol. The highest BCUT2D eigenvalue weighted by Crippen LogP contribution is 2.30. The first-order valence-corrected chi connectivity index (χ1v) is 12.8. The molecule has 0 aliphatic carbocycles. The van der Waals surface area contributed by atoms with E-state index in [-0.39, 0.29) is 18.1 Å². The Balaban J connectivity index is 1.69. The highest BCUT2D eigenvalue weighted by molar-refractivity contribution is 7.16. The lowest BCUT2D eigenvalue weighted by Crippen LogP contribution is -2.49. The second-order valence-electron chi connectivity index (χ2n) is 8.04. The molecule has 5 N–H and O–H groups in total. The number of rotatable bonds is 12. The molecule has 33 heavy (non-hydrogen) atoms. The van der Waals surface area contributed by atoms with Gasteiger partial charge in [-0.25, -0.2) is 9.97 Å². The lowest BCUT2D eigenvalue weighted by molar-refractivity contribution is -0.128. The summed E-state index contributed by atoms with van der Waals surface area (Å²) in [6.45, 7) is 4.41. The number of Topliss-reactive ketones (excluding diaryl/α,β-unsaturated/α-hetero) is 1. The number of aryl methyl sites for hydroxylation is 3. The Morgan fingerprint density at radius 1 is 1.12 bits per heavy atom. The fraction of sp³-hybridized carbons (Fsp3) is 0.417. The van der Waals surface area contributed by atoms with Crippen LogP contribution in [0.2, 0.25) is 0 Å². The van der Waals surface area contributed by atoms with Gasteiger partial charge in [0.15, 0.2) is 5.78 Å². The molecular weight excluding hydrogens is 454 g/mol. The molecule has 3 aromatic rings. The molecular formula is C24H31N5O2S2. The van der Waals surface area contributed by atoms with Crippen molar-refractivity contribution < 1.29 is 9.59 Å². The average Bonchev–Trinajstić information content (AvgIpc) is 3.40. The van der Waals surface area contributed by atoms with Gasteiger partial charge in [0.25, 0.3) is 0 Å². The summed E-state index contributed by atoms with van der Waals surface area (Å²) in [4.78, 5) is 36.0. The number of hydrogen-bond donors (Lipinski definition) is 3. The van der Waals surface area contributed by atoms with Crippen LogP contribution < -0.4 is 16.8 Å². The fourth-order valence-electron chi connectivity index (χ4n) is 3.55. The lowest BCUT2D eigenvalue weighted by Gasteiger charge is -2.20. The van der Waals surface area contributed by atoms with E-state index in [0.717, 1.165) is 31.8 Å². The number of ketones is 1. The predicted octanol–water partition coefficient (Wildman–Crippen LogP) is 3.18. The van der Waals surface area contributed by atoms with Gasteiger partial charge in [0, 0.05) is 5.38 Å². The molecule has 0 saturated heterocycles. The van der Waals surface area contributed by atoms with Crippen LogP contribution in [0.1, 0.15) is 40.5 Å². The largest absolute Gasteiger partial charge is 0.345 e. The van der Waals surface area contributed by atoms with Crippen LogP contribution in [-0.2, 0) is 22.4 Å². The van der Waals surface area contributed by atoms with Gasteiger partial charge in [-0.05, 0) is 51.6 Å². The Hall–Kier alpha value is -2.46. The normalized spacial score (nSPS) is 13.0. The third-order valence-electron chi connectivity index (χ3n) is 5.34. The van der Waals surface area contributed by atoms with E-state index in [2.05, 4.69) is 15.3 Å². The Labute approximate surface area is 202 Å². The molecule has 176 valence electrons. The van der Waals surface area contributed by atoms with Gasteiger partial charge in [0.2, 0.25) is 5.91 Å². The first kappa shape index (κ1) is 25.2. The average molecular weight is 486 g/mol. The Bertz CT molecular complexity index is 1060. The summed E-state index contributed by atoms with van der Waals surface area (Å²) < 4.78 is 0. The number of carbonyl (C=O) groups is 2. The van der Waals surface area contributed by atoms with Gasteiger partial charge in [-0.15, -0.1) is 22.7 Å². The van der Waals surface area contributed by atoms with Crippen molar-refractivity contribution in [1.82, 2.24) is 15.3 Å². The van der Waals surface area contributed by atoms with Crippen LogP contribution in [0.15, 0.2) is 35.7 Å². The number of nitrogens with zero attached hydrogens (tertiary/aromatic N) is 2. The number of thiazole rings is 2. The molecule has 1 aromatic carbocycles. The molecule has 2 aromatic heterocycles. The smallest absolute Gasteiger partial charge is 0.237 e. The van der Waals surface area contributed by atoms with E-state index >= 15 is 0 Å². The number of nitrogens with two attached hydrogens (primary N) is 2. The highest BCUT2D eigenvalue weighted by atomic mass is 32.1. The summed E-state index contributed by atoms with van der Waals surface area (Å²) in [7, 11) is 0. The van der Waals surface area contributed by atoms with Crippen LogP contribution in [0, 0.1) is 13.8 Å². The number of amides is 1. The molecule has 0 fully saturated rings. The van der Waals surface area contributed by atoms with Crippen molar-refractivity contribution in [2.24, 2.45) is 11.5 Å². The maximum atomic E-state index is 13.2. The second-order valence-corrected chi connectivity index (χ2v) is 10.2. The Morgan fingerprint density at radius 2 is 1.88 bits per heavy atom. The van der Waals surface area contributed by atoms with Gasteiger partial charge in [0.05, 0.1) is 39.8 Å². The molecule has 1 amide bonds. The zero-order valence-corrected chi connectivity index (χ0v) is 20.7. The Kier molecular flexibility index (Phi) is 9.25. The molecule has 3 rings (SSSR count). The first-order chi connectivity index (χ1) is 15.9. The maximum Gasteiger partial charge on any atom is 0.237 e. The number of carbonyl (C=O) groups excluding carboxylic acids is 2. The molecule has 0 saturated carbocycles. The number of hydrogen-bond acceptors (Lipinski definition) is 8. The minimum absolute atomic E-state index is 0.0663. The summed E-state index contributed by atoms with van der Waals surface area (Å²) in [6.07, 6.45) is 2.50. The van der Waals surface area contributed by atoms with E-state index in [1.807, 2.05) is 49.6 Å². The summed E-state index contributed by atoms with van der Waals surface area (Å²) in [5, 5.41) is 6.56. The van der Waals surface area contributed by atoms with Gasteiger partial charge >= 0.3 is 0 Å². The molecule has 7 nitrogen and oxygen atoms in total. The molecule has 0 aliphatic rings. The third kappa shape index (κ3) is 7.26. The standard InChI is InChI=1S/C24H31N5O2S2/c1-15-23(33-16(2)27-15)20-14-32-22(28-20)13-21(30)19(11-10-17-7-4-3-5-8-17)29-24(31)18(26)9-6-12-25/h3-5,7-8,14,18-19H,6,9-13,25-26H2,1-2H3,(H,29,31)/t18-,19+/m0/s1. The monoisotopic (exact) mass is 485 g/mol. The van der Waals surface area contributed by atoms with Crippen molar-refractivity contribution in [3.05, 3.63) is 57.0 Å². The SMILES string of the molecule is Cc1nc(C)c(-c2csc(CC(=O)[C@@H](CCc3ccccc3)NC(=O)[C@@H](N)CCCN)n2)s1. The van der Waals surface area contributed by atoms with Crippen molar-refractivity contribution in [2.75, 3.05) is 6.54 Å². The van der Waals surface area contributed by atoms with Gasteiger partial charge in [-0.2, -0.15) is 0 Å². The molecule has 0 radical (unpaired) electrons. The van der Waals surface area contributed by atoms with Gasteiger partial charge in [-0.3, -0.25) is 9.59 Å². The summed E-state index contributed by atoms with van der Waals surface area (Å²) in [6, 6.07) is 8.62. The number of aromatic nitrogens is 2. The van der Waals surface area contributed by atoms with Crippen molar-refractivity contribution in [3.8, 4) is 10.6 Å². The summed E-state index contributed by atoms with van der Waals surface area (Å²) >= 11 is 3.05. The van der Waals surface area contributed by atoms with Crippen LogP contribution in [-0.4, -0.2) is 40.3 Å². The maximum absolute atomic E-state index is 13.2. The fourth-order valence-corrected chi connectivity index (χ4v) is 5.30. The van der Waals surface area contributed by atoms with E-state index in [1.54, 1.807) is 11.3 Å². The molecule has 0 aliphatic heterocycles. The van der Waals surface area contributed by atoms with Crippen molar-refractivity contribution in [2.45, 2.75) is 58.0 Å². The van der Waals surface area contributed by atoms with E-state index in [0.29, 0.717) is 32.2 Å². The molecule has 2 atom stereocenters. The zero-order valence-electron chi connectivity index (χ0n) is 19.0. The minimum atomic E-state index is -0.676. The second kappa shape index (κ2) is 12.1. The van der Waals surface area contributed by atoms with Crippen molar-refractivity contribution in [3.63, 3.8) is 0 Å². The van der Waals surface area contributed by atoms with Crippen LogP contribution in [0.5, 0.6) is 0 Å². The molecule has 2 heterocycles. The highest BCUT2D eigenvalue weighted by Gasteiger charge is 2.25.